The molecule has 1 N–H and O–H groups in total. The molecule has 2 fully saturated rings. The van der Waals surface area contributed by atoms with Crippen LogP contribution in [0.15, 0.2) is 0 Å². The first kappa shape index (κ1) is 15.3. The lowest BCUT2D eigenvalue weighted by Gasteiger charge is -2.35. The maximum atomic E-state index is 11.8. The van der Waals surface area contributed by atoms with E-state index in [0.717, 1.165) is 25.9 Å². The molecular formula is C14H28N2O2S. The number of rotatable bonds is 5. The van der Waals surface area contributed by atoms with Crippen LogP contribution in [0.2, 0.25) is 0 Å². The van der Waals surface area contributed by atoms with E-state index in [2.05, 4.69) is 24.1 Å². The minimum atomic E-state index is -2.80. The highest BCUT2D eigenvalue weighted by Gasteiger charge is 2.32. The highest BCUT2D eigenvalue weighted by atomic mass is 32.2. The molecule has 0 saturated carbocycles. The van der Waals surface area contributed by atoms with E-state index in [0.29, 0.717) is 24.3 Å². The van der Waals surface area contributed by atoms with E-state index in [1.165, 1.54) is 19.4 Å². The summed E-state index contributed by atoms with van der Waals surface area (Å²) in [5.74, 6) is 1.05. The summed E-state index contributed by atoms with van der Waals surface area (Å²) in [6, 6.07) is 0.421. The lowest BCUT2D eigenvalue weighted by Crippen LogP contribution is -2.46. The van der Waals surface area contributed by atoms with Crippen molar-refractivity contribution in [2.75, 3.05) is 31.9 Å². The molecule has 2 aliphatic rings. The SMILES string of the molecule is CCN1CCCC(C(C)NCC2CCCS2(=O)=O)C1. The monoisotopic (exact) mass is 288 g/mol. The molecule has 112 valence electrons. The number of nitrogens with one attached hydrogen (secondary N) is 1. The van der Waals surface area contributed by atoms with Crippen molar-refractivity contribution >= 4 is 9.84 Å². The summed E-state index contributed by atoms with van der Waals surface area (Å²) in [5, 5.41) is 3.35. The number of piperidine rings is 1. The summed E-state index contributed by atoms with van der Waals surface area (Å²) in [6.07, 6.45) is 4.22. The lowest BCUT2D eigenvalue weighted by molar-refractivity contribution is 0.157. The molecule has 0 aromatic rings. The molecule has 0 spiro atoms. The number of nitrogens with zero attached hydrogens (tertiary/aromatic N) is 1. The third-order valence-electron chi connectivity index (χ3n) is 4.83. The van der Waals surface area contributed by atoms with E-state index in [1.54, 1.807) is 0 Å². The second kappa shape index (κ2) is 6.55. The summed E-state index contributed by atoms with van der Waals surface area (Å²) in [6.45, 7) is 8.57. The fourth-order valence-electron chi connectivity index (χ4n) is 3.36. The second-order valence-electron chi connectivity index (χ2n) is 6.12. The molecular weight excluding hydrogens is 260 g/mol. The van der Waals surface area contributed by atoms with Gasteiger partial charge in [-0.2, -0.15) is 0 Å². The average molecular weight is 288 g/mol. The van der Waals surface area contributed by atoms with Gasteiger partial charge in [-0.15, -0.1) is 0 Å². The predicted octanol–water partition coefficient (Wildman–Crippen LogP) is 1.27. The van der Waals surface area contributed by atoms with Gasteiger partial charge in [-0.1, -0.05) is 6.92 Å². The maximum absolute atomic E-state index is 11.8. The summed E-state index contributed by atoms with van der Waals surface area (Å²) < 4.78 is 23.6. The van der Waals surface area contributed by atoms with Crippen molar-refractivity contribution in [1.82, 2.24) is 10.2 Å². The van der Waals surface area contributed by atoms with Crippen molar-refractivity contribution in [2.45, 2.75) is 50.8 Å². The second-order valence-corrected chi connectivity index (χ2v) is 8.52. The Morgan fingerprint density at radius 2 is 2.11 bits per heavy atom. The summed E-state index contributed by atoms with van der Waals surface area (Å²) in [7, 11) is -2.80. The van der Waals surface area contributed by atoms with Crippen LogP contribution in [-0.2, 0) is 9.84 Å². The smallest absolute Gasteiger partial charge is 0.154 e. The zero-order chi connectivity index (χ0) is 13.9. The van der Waals surface area contributed by atoms with E-state index in [9.17, 15) is 8.42 Å². The molecule has 0 bridgehead atoms. The molecule has 4 nitrogen and oxygen atoms in total. The van der Waals surface area contributed by atoms with Gasteiger partial charge in [0, 0.05) is 19.1 Å². The molecule has 0 radical (unpaired) electrons. The first-order valence-electron chi connectivity index (χ1n) is 7.70. The van der Waals surface area contributed by atoms with E-state index in [-0.39, 0.29) is 5.25 Å². The molecule has 2 aliphatic heterocycles. The van der Waals surface area contributed by atoms with Crippen molar-refractivity contribution in [1.29, 1.82) is 0 Å². The Bertz CT molecular complexity index is 383. The zero-order valence-corrected chi connectivity index (χ0v) is 13.1. The Morgan fingerprint density at radius 3 is 2.74 bits per heavy atom. The first-order valence-corrected chi connectivity index (χ1v) is 9.41. The van der Waals surface area contributed by atoms with Gasteiger partial charge in [0.15, 0.2) is 9.84 Å². The van der Waals surface area contributed by atoms with Crippen LogP contribution >= 0.6 is 0 Å². The highest BCUT2D eigenvalue weighted by molar-refractivity contribution is 7.92. The Labute approximate surface area is 117 Å². The van der Waals surface area contributed by atoms with Gasteiger partial charge in [-0.25, -0.2) is 8.42 Å². The van der Waals surface area contributed by atoms with E-state index >= 15 is 0 Å². The molecule has 0 aromatic heterocycles. The highest BCUT2D eigenvalue weighted by Crippen LogP contribution is 2.22. The quantitative estimate of drug-likeness (QED) is 0.828. The fraction of sp³-hybridized carbons (Fsp3) is 1.00. The van der Waals surface area contributed by atoms with Gasteiger partial charge in [0.1, 0.15) is 0 Å². The predicted molar refractivity (Wildman–Crippen MR) is 79.1 cm³/mol. The number of sulfone groups is 1. The van der Waals surface area contributed by atoms with Crippen molar-refractivity contribution in [3.05, 3.63) is 0 Å². The molecule has 2 heterocycles. The minimum Gasteiger partial charge on any atom is -0.313 e. The Morgan fingerprint density at radius 1 is 1.32 bits per heavy atom. The van der Waals surface area contributed by atoms with Crippen molar-refractivity contribution < 1.29 is 8.42 Å². The third-order valence-corrected chi connectivity index (χ3v) is 7.10. The van der Waals surface area contributed by atoms with Gasteiger partial charge >= 0.3 is 0 Å². The van der Waals surface area contributed by atoms with Crippen LogP contribution in [0, 0.1) is 5.92 Å². The van der Waals surface area contributed by atoms with Crippen LogP contribution in [0.3, 0.4) is 0 Å². The van der Waals surface area contributed by atoms with Gasteiger partial charge in [0.25, 0.3) is 0 Å². The van der Waals surface area contributed by atoms with Crippen LogP contribution < -0.4 is 5.32 Å². The lowest BCUT2D eigenvalue weighted by atomic mass is 9.91. The Hall–Kier alpha value is -0.130. The normalized spacial score (nSPS) is 33.4. The topological polar surface area (TPSA) is 49.4 Å². The van der Waals surface area contributed by atoms with Gasteiger partial charge < -0.3 is 10.2 Å². The first-order chi connectivity index (χ1) is 9.03. The van der Waals surface area contributed by atoms with Crippen molar-refractivity contribution in [3.63, 3.8) is 0 Å². The van der Waals surface area contributed by atoms with Crippen LogP contribution in [0.4, 0.5) is 0 Å². The summed E-state index contributed by atoms with van der Waals surface area (Å²) >= 11 is 0. The molecule has 0 aliphatic carbocycles. The van der Waals surface area contributed by atoms with Crippen LogP contribution in [0.25, 0.3) is 0 Å². The molecule has 2 rings (SSSR count). The van der Waals surface area contributed by atoms with Gasteiger partial charge in [0.05, 0.1) is 11.0 Å². The van der Waals surface area contributed by atoms with Crippen molar-refractivity contribution in [3.8, 4) is 0 Å². The largest absolute Gasteiger partial charge is 0.313 e. The van der Waals surface area contributed by atoms with Gasteiger partial charge in [-0.05, 0) is 51.6 Å². The number of likely N-dealkylation sites (tertiary alicyclic amines) is 1. The Kier molecular flexibility index (Phi) is 5.26. The standard InChI is InChI=1S/C14H28N2O2S/c1-3-16-8-4-6-13(11-16)12(2)15-10-14-7-5-9-19(14,17)18/h12-15H,3-11H2,1-2H3. The minimum absolute atomic E-state index is 0.138. The number of hydrogen-bond acceptors (Lipinski definition) is 4. The van der Waals surface area contributed by atoms with Crippen molar-refractivity contribution in [2.24, 2.45) is 5.92 Å². The molecule has 2 saturated heterocycles. The fourth-order valence-corrected chi connectivity index (χ4v) is 5.14. The van der Waals surface area contributed by atoms with Crippen LogP contribution in [-0.4, -0.2) is 56.5 Å². The van der Waals surface area contributed by atoms with Crippen LogP contribution in [0.5, 0.6) is 0 Å². The molecule has 0 amide bonds. The summed E-state index contributed by atoms with van der Waals surface area (Å²) in [5.41, 5.74) is 0. The summed E-state index contributed by atoms with van der Waals surface area (Å²) in [4.78, 5) is 2.50. The molecule has 0 aromatic carbocycles. The third kappa shape index (κ3) is 3.92. The average Bonchev–Trinajstić information content (AvgIpc) is 2.75. The molecule has 19 heavy (non-hydrogen) atoms. The van der Waals surface area contributed by atoms with E-state index in [1.807, 2.05) is 0 Å². The van der Waals surface area contributed by atoms with E-state index < -0.39 is 9.84 Å². The maximum Gasteiger partial charge on any atom is 0.154 e. The molecule has 3 atom stereocenters. The van der Waals surface area contributed by atoms with Crippen LogP contribution in [0.1, 0.15) is 39.5 Å². The van der Waals surface area contributed by atoms with Gasteiger partial charge in [0.2, 0.25) is 0 Å². The van der Waals surface area contributed by atoms with E-state index in [4.69, 9.17) is 0 Å². The zero-order valence-electron chi connectivity index (χ0n) is 12.3. The molecule has 5 heteroatoms. The molecule has 3 unspecified atom stereocenters. The van der Waals surface area contributed by atoms with Gasteiger partial charge in [-0.3, -0.25) is 0 Å². The Balaban J connectivity index is 1.79. The number of hydrogen-bond donors (Lipinski definition) is 1.